The Kier molecular flexibility index (Phi) is 3.06. The molecular formula is C14H19NO2S. The van der Waals surface area contributed by atoms with E-state index in [2.05, 4.69) is 5.32 Å². The SMILES string of the molecule is O=S(=O)(c1ccc2c(c1)CCCN2)C1CCCC1. The Hall–Kier alpha value is -1.03. The number of hydrogen-bond donors (Lipinski definition) is 1. The average molecular weight is 265 g/mol. The summed E-state index contributed by atoms with van der Waals surface area (Å²) in [7, 11) is -3.10. The second-order valence-corrected chi connectivity index (χ2v) is 7.53. The first-order valence-corrected chi connectivity index (χ1v) is 8.33. The van der Waals surface area contributed by atoms with Crippen LogP contribution in [0.1, 0.15) is 37.7 Å². The molecule has 98 valence electrons. The molecule has 0 spiro atoms. The quantitative estimate of drug-likeness (QED) is 0.894. The van der Waals surface area contributed by atoms with Crippen molar-refractivity contribution in [2.75, 3.05) is 11.9 Å². The summed E-state index contributed by atoms with van der Waals surface area (Å²) in [4.78, 5) is 0.525. The molecule has 1 fully saturated rings. The third-order valence-corrected chi connectivity index (χ3v) is 6.34. The van der Waals surface area contributed by atoms with Gasteiger partial charge in [0, 0.05) is 12.2 Å². The highest BCUT2D eigenvalue weighted by Crippen LogP contribution is 2.32. The van der Waals surface area contributed by atoms with Gasteiger partial charge in [-0.05, 0) is 49.4 Å². The van der Waals surface area contributed by atoms with Crippen molar-refractivity contribution in [1.82, 2.24) is 0 Å². The van der Waals surface area contributed by atoms with E-state index in [1.165, 1.54) is 0 Å². The zero-order valence-corrected chi connectivity index (χ0v) is 11.3. The molecule has 1 heterocycles. The van der Waals surface area contributed by atoms with E-state index in [4.69, 9.17) is 0 Å². The van der Waals surface area contributed by atoms with Crippen molar-refractivity contribution in [1.29, 1.82) is 0 Å². The van der Waals surface area contributed by atoms with Gasteiger partial charge in [0.25, 0.3) is 0 Å². The molecule has 1 saturated carbocycles. The smallest absolute Gasteiger partial charge is 0.181 e. The fourth-order valence-electron chi connectivity index (χ4n) is 3.02. The molecule has 0 bridgehead atoms. The van der Waals surface area contributed by atoms with Crippen LogP contribution in [0.5, 0.6) is 0 Å². The molecule has 0 radical (unpaired) electrons. The van der Waals surface area contributed by atoms with Crippen LogP contribution in [-0.4, -0.2) is 20.2 Å². The molecule has 0 aromatic heterocycles. The molecule has 1 aliphatic carbocycles. The summed E-state index contributed by atoms with van der Waals surface area (Å²) in [6, 6.07) is 5.58. The van der Waals surface area contributed by atoms with E-state index in [9.17, 15) is 8.42 Å². The zero-order valence-electron chi connectivity index (χ0n) is 10.5. The highest BCUT2D eigenvalue weighted by molar-refractivity contribution is 7.92. The minimum absolute atomic E-state index is 0.146. The van der Waals surface area contributed by atoms with Gasteiger partial charge in [-0.2, -0.15) is 0 Å². The summed E-state index contributed by atoms with van der Waals surface area (Å²) in [6.45, 7) is 0.988. The molecule has 1 aliphatic heterocycles. The molecule has 3 rings (SSSR count). The normalized spacial score (nSPS) is 20.4. The van der Waals surface area contributed by atoms with Gasteiger partial charge in [-0.15, -0.1) is 0 Å². The predicted molar refractivity (Wildman–Crippen MR) is 72.7 cm³/mol. The van der Waals surface area contributed by atoms with E-state index in [-0.39, 0.29) is 5.25 Å². The molecular weight excluding hydrogens is 246 g/mol. The minimum atomic E-state index is -3.10. The summed E-state index contributed by atoms with van der Waals surface area (Å²) in [6.07, 6.45) is 5.83. The Balaban J connectivity index is 1.96. The van der Waals surface area contributed by atoms with Crippen molar-refractivity contribution in [2.45, 2.75) is 48.7 Å². The van der Waals surface area contributed by atoms with E-state index < -0.39 is 9.84 Å². The van der Waals surface area contributed by atoms with Crippen molar-refractivity contribution in [3.63, 3.8) is 0 Å². The van der Waals surface area contributed by atoms with Crippen LogP contribution in [0.3, 0.4) is 0 Å². The van der Waals surface area contributed by atoms with Crippen LogP contribution in [0.4, 0.5) is 5.69 Å². The first kappa shape index (κ1) is 12.0. The monoisotopic (exact) mass is 265 g/mol. The van der Waals surface area contributed by atoms with Crippen LogP contribution in [0, 0.1) is 0 Å². The molecule has 18 heavy (non-hydrogen) atoms. The predicted octanol–water partition coefficient (Wildman–Crippen LogP) is 2.76. The lowest BCUT2D eigenvalue weighted by Gasteiger charge is -2.19. The standard InChI is InChI=1S/C14H19NO2S/c16-18(17,12-5-1-2-6-12)13-7-8-14-11(10-13)4-3-9-15-14/h7-8,10,12,15H,1-6,9H2. The zero-order chi connectivity index (χ0) is 12.6. The Bertz CT molecular complexity index is 545. The Morgan fingerprint density at radius 2 is 1.89 bits per heavy atom. The number of anilines is 1. The van der Waals surface area contributed by atoms with Crippen molar-refractivity contribution >= 4 is 15.5 Å². The summed E-state index contributed by atoms with van der Waals surface area (Å²) < 4.78 is 25.0. The van der Waals surface area contributed by atoms with Crippen molar-refractivity contribution in [3.8, 4) is 0 Å². The first-order valence-electron chi connectivity index (χ1n) is 6.78. The minimum Gasteiger partial charge on any atom is -0.385 e. The van der Waals surface area contributed by atoms with Gasteiger partial charge in [-0.1, -0.05) is 12.8 Å². The molecule has 0 amide bonds. The van der Waals surface area contributed by atoms with Gasteiger partial charge in [-0.3, -0.25) is 0 Å². The number of rotatable bonds is 2. The lowest BCUT2D eigenvalue weighted by molar-refractivity contribution is 0.579. The van der Waals surface area contributed by atoms with Crippen molar-refractivity contribution < 1.29 is 8.42 Å². The molecule has 1 aromatic carbocycles. The third kappa shape index (κ3) is 2.03. The van der Waals surface area contributed by atoms with Gasteiger partial charge < -0.3 is 5.32 Å². The maximum absolute atomic E-state index is 12.5. The summed E-state index contributed by atoms with van der Waals surface area (Å²) in [5, 5.41) is 3.17. The van der Waals surface area contributed by atoms with Crippen LogP contribution >= 0.6 is 0 Å². The van der Waals surface area contributed by atoms with Gasteiger partial charge in [-0.25, -0.2) is 8.42 Å². The van der Waals surface area contributed by atoms with E-state index in [0.717, 1.165) is 56.3 Å². The van der Waals surface area contributed by atoms with Gasteiger partial charge in [0.1, 0.15) is 0 Å². The number of nitrogens with one attached hydrogen (secondary N) is 1. The average Bonchev–Trinajstić information content (AvgIpc) is 2.92. The molecule has 0 unspecified atom stereocenters. The molecule has 1 N–H and O–H groups in total. The van der Waals surface area contributed by atoms with Crippen LogP contribution in [-0.2, 0) is 16.3 Å². The lowest BCUT2D eigenvalue weighted by Crippen LogP contribution is -2.19. The third-order valence-electron chi connectivity index (χ3n) is 4.08. The molecule has 2 aliphatic rings. The maximum atomic E-state index is 12.5. The Morgan fingerprint density at radius 3 is 2.67 bits per heavy atom. The highest BCUT2D eigenvalue weighted by Gasteiger charge is 2.30. The topological polar surface area (TPSA) is 46.2 Å². The van der Waals surface area contributed by atoms with Gasteiger partial charge in [0.05, 0.1) is 10.1 Å². The maximum Gasteiger partial charge on any atom is 0.181 e. The first-order chi connectivity index (χ1) is 8.68. The largest absolute Gasteiger partial charge is 0.385 e. The Labute approximate surface area is 109 Å². The van der Waals surface area contributed by atoms with Gasteiger partial charge in [0.15, 0.2) is 9.84 Å². The summed E-state index contributed by atoms with van der Waals surface area (Å²) >= 11 is 0. The summed E-state index contributed by atoms with van der Waals surface area (Å²) in [5.74, 6) is 0. The van der Waals surface area contributed by atoms with Crippen molar-refractivity contribution in [2.24, 2.45) is 0 Å². The highest BCUT2D eigenvalue weighted by atomic mass is 32.2. The van der Waals surface area contributed by atoms with Crippen molar-refractivity contribution in [3.05, 3.63) is 23.8 Å². The fraction of sp³-hybridized carbons (Fsp3) is 0.571. The molecule has 0 saturated heterocycles. The number of fused-ring (bicyclic) bond motifs is 1. The molecule has 0 atom stereocenters. The number of sulfone groups is 1. The van der Waals surface area contributed by atoms with Crippen LogP contribution in [0.2, 0.25) is 0 Å². The fourth-order valence-corrected chi connectivity index (χ4v) is 4.92. The van der Waals surface area contributed by atoms with Gasteiger partial charge in [0.2, 0.25) is 0 Å². The molecule has 3 nitrogen and oxygen atoms in total. The van der Waals surface area contributed by atoms with Crippen LogP contribution < -0.4 is 5.32 Å². The second kappa shape index (κ2) is 4.57. The summed E-state index contributed by atoms with van der Waals surface area (Å²) in [5.41, 5.74) is 2.26. The second-order valence-electron chi connectivity index (χ2n) is 5.30. The van der Waals surface area contributed by atoms with Gasteiger partial charge >= 0.3 is 0 Å². The Morgan fingerprint density at radius 1 is 1.11 bits per heavy atom. The van der Waals surface area contributed by atoms with E-state index in [0.29, 0.717) is 4.90 Å². The molecule has 4 heteroatoms. The van der Waals surface area contributed by atoms with Crippen LogP contribution in [0.15, 0.2) is 23.1 Å². The number of benzene rings is 1. The van der Waals surface area contributed by atoms with E-state index >= 15 is 0 Å². The van der Waals surface area contributed by atoms with E-state index in [1.807, 2.05) is 12.1 Å². The molecule has 1 aromatic rings. The number of aryl methyl sites for hydroxylation is 1. The number of hydrogen-bond acceptors (Lipinski definition) is 3. The van der Waals surface area contributed by atoms with Crippen LogP contribution in [0.25, 0.3) is 0 Å². The lowest BCUT2D eigenvalue weighted by atomic mass is 10.0. The van der Waals surface area contributed by atoms with E-state index in [1.54, 1.807) is 6.07 Å².